The summed E-state index contributed by atoms with van der Waals surface area (Å²) in [5.41, 5.74) is 7.26. The molecular weight excluding hydrogens is 323 g/mol. The predicted molar refractivity (Wildman–Crippen MR) is 104 cm³/mol. The lowest BCUT2D eigenvalue weighted by atomic mass is 9.90. The molecule has 26 heavy (non-hydrogen) atoms. The van der Waals surface area contributed by atoms with E-state index in [4.69, 9.17) is 0 Å². The van der Waals surface area contributed by atoms with Crippen LogP contribution in [0.2, 0.25) is 0 Å². The van der Waals surface area contributed by atoms with Gasteiger partial charge in [0.05, 0.1) is 11.1 Å². The molecule has 0 bridgehead atoms. The summed E-state index contributed by atoms with van der Waals surface area (Å²) in [6.45, 7) is 0. The Kier molecular flexibility index (Phi) is 3.32. The maximum Gasteiger partial charge on any atom is 0.211 e. The molecule has 3 heteroatoms. The molecule has 0 saturated heterocycles. The zero-order chi connectivity index (χ0) is 17.5. The number of hydrogen-bond donors (Lipinski definition) is 2. The van der Waals surface area contributed by atoms with Gasteiger partial charge in [-0.05, 0) is 29.8 Å². The monoisotopic (exact) mass is 339 g/mol. The molecule has 2 nitrogen and oxygen atoms in total. The summed E-state index contributed by atoms with van der Waals surface area (Å²) in [6, 6.07) is 23.2. The van der Waals surface area contributed by atoms with Gasteiger partial charge in [-0.15, -0.1) is 0 Å². The van der Waals surface area contributed by atoms with Crippen LogP contribution in [0.1, 0.15) is 16.7 Å². The van der Waals surface area contributed by atoms with E-state index < -0.39 is 0 Å². The van der Waals surface area contributed by atoms with Gasteiger partial charge in [0.25, 0.3) is 0 Å². The number of para-hydroxylation sites is 2. The summed E-state index contributed by atoms with van der Waals surface area (Å²) in [7, 11) is 0. The molecule has 0 amide bonds. The van der Waals surface area contributed by atoms with Crippen molar-refractivity contribution in [3.8, 4) is 0 Å². The van der Waals surface area contributed by atoms with Crippen molar-refractivity contribution in [1.29, 1.82) is 0 Å². The molecular formula is C23H16FN2+. The van der Waals surface area contributed by atoms with E-state index in [0.717, 1.165) is 44.4 Å². The average Bonchev–Trinajstić information content (AvgIpc) is 3.28. The highest BCUT2D eigenvalue weighted by Crippen LogP contribution is 2.37. The van der Waals surface area contributed by atoms with Gasteiger partial charge in [-0.3, -0.25) is 0 Å². The second-order valence-corrected chi connectivity index (χ2v) is 6.38. The fourth-order valence-electron chi connectivity index (χ4n) is 3.66. The summed E-state index contributed by atoms with van der Waals surface area (Å²) < 4.78 is 14.0. The van der Waals surface area contributed by atoms with Crippen molar-refractivity contribution < 1.29 is 9.38 Å². The molecule has 0 unspecified atom stereocenters. The normalized spacial score (nSPS) is 14.7. The van der Waals surface area contributed by atoms with Gasteiger partial charge in [-0.25, -0.2) is 9.38 Å². The third kappa shape index (κ3) is 2.29. The van der Waals surface area contributed by atoms with Gasteiger partial charge in [0.2, 0.25) is 5.69 Å². The van der Waals surface area contributed by atoms with Crippen molar-refractivity contribution in [3.63, 3.8) is 0 Å². The minimum atomic E-state index is -0.236. The van der Waals surface area contributed by atoms with E-state index >= 15 is 0 Å². The SMILES string of the molecule is Fc1cccc(C(=C2C=[NH+]c3ccccc32)c2c[nH]c3ccccc23)c1. The van der Waals surface area contributed by atoms with Gasteiger partial charge in [0.1, 0.15) is 5.82 Å². The van der Waals surface area contributed by atoms with Crippen LogP contribution in [0.3, 0.4) is 0 Å². The van der Waals surface area contributed by atoms with Gasteiger partial charge in [-0.1, -0.05) is 42.5 Å². The summed E-state index contributed by atoms with van der Waals surface area (Å²) >= 11 is 0. The van der Waals surface area contributed by atoms with Crippen LogP contribution in [0.5, 0.6) is 0 Å². The maximum atomic E-state index is 14.0. The van der Waals surface area contributed by atoms with Crippen molar-refractivity contribution >= 4 is 34.0 Å². The number of allylic oxidation sites excluding steroid dienone is 1. The smallest absolute Gasteiger partial charge is 0.211 e. The summed E-state index contributed by atoms with van der Waals surface area (Å²) in [4.78, 5) is 6.68. The number of hydrogen-bond acceptors (Lipinski definition) is 0. The first kappa shape index (κ1) is 14.8. The quantitative estimate of drug-likeness (QED) is 0.552. The highest BCUT2D eigenvalue weighted by Gasteiger charge is 2.24. The molecule has 0 fully saturated rings. The molecule has 1 aliphatic rings. The largest absolute Gasteiger partial charge is 0.361 e. The number of benzene rings is 3. The minimum absolute atomic E-state index is 0.236. The Bertz CT molecular complexity index is 1200. The van der Waals surface area contributed by atoms with E-state index in [-0.39, 0.29) is 5.82 Å². The molecule has 0 aliphatic carbocycles. The topological polar surface area (TPSA) is 29.8 Å². The third-order valence-electron chi connectivity index (χ3n) is 4.83. The average molecular weight is 339 g/mol. The van der Waals surface area contributed by atoms with Gasteiger partial charge in [-0.2, -0.15) is 0 Å². The van der Waals surface area contributed by atoms with Crippen LogP contribution in [0, 0.1) is 5.82 Å². The maximum absolute atomic E-state index is 14.0. The summed E-state index contributed by atoms with van der Waals surface area (Å²) in [5.74, 6) is -0.236. The third-order valence-corrected chi connectivity index (χ3v) is 4.83. The number of fused-ring (bicyclic) bond motifs is 2. The fourth-order valence-corrected chi connectivity index (χ4v) is 3.66. The number of H-pyrrole nitrogens is 1. The van der Waals surface area contributed by atoms with E-state index in [1.807, 2.05) is 42.7 Å². The molecule has 0 radical (unpaired) electrons. The van der Waals surface area contributed by atoms with Crippen molar-refractivity contribution in [3.05, 3.63) is 102 Å². The first-order valence-electron chi connectivity index (χ1n) is 8.57. The van der Waals surface area contributed by atoms with Crippen molar-refractivity contribution in [2.45, 2.75) is 0 Å². The number of aromatic nitrogens is 1. The second-order valence-electron chi connectivity index (χ2n) is 6.38. The van der Waals surface area contributed by atoms with Gasteiger partial charge < -0.3 is 4.98 Å². The fraction of sp³-hybridized carbons (Fsp3) is 0. The van der Waals surface area contributed by atoms with E-state index in [0.29, 0.717) is 0 Å². The standard InChI is InChI=1S/C23H15FN2/c24-16-7-5-6-15(12-16)23(19-13-25-21-10-3-1-8-17(19)21)20-14-26-22-11-4-2-9-18(20)22/h1-14,25H/p+1. The van der Waals surface area contributed by atoms with Crippen LogP contribution in [-0.4, -0.2) is 11.2 Å². The molecule has 1 aliphatic heterocycles. The Morgan fingerprint density at radius 1 is 0.885 bits per heavy atom. The number of halogens is 1. The number of aromatic amines is 1. The number of nitrogens with one attached hydrogen (secondary N) is 2. The highest BCUT2D eigenvalue weighted by atomic mass is 19.1. The molecule has 0 atom stereocenters. The van der Waals surface area contributed by atoms with Crippen LogP contribution < -0.4 is 4.99 Å². The second kappa shape index (κ2) is 5.81. The summed E-state index contributed by atoms with van der Waals surface area (Å²) in [5, 5.41) is 1.12. The molecule has 3 aromatic carbocycles. The molecule has 124 valence electrons. The van der Waals surface area contributed by atoms with E-state index in [1.54, 1.807) is 12.1 Å². The number of rotatable bonds is 2. The van der Waals surface area contributed by atoms with E-state index in [9.17, 15) is 4.39 Å². The zero-order valence-corrected chi connectivity index (χ0v) is 14.0. The van der Waals surface area contributed by atoms with Crippen LogP contribution in [0.15, 0.2) is 79.0 Å². The predicted octanol–water partition coefficient (Wildman–Crippen LogP) is 4.06. The van der Waals surface area contributed by atoms with Crippen LogP contribution in [-0.2, 0) is 0 Å². The molecule has 0 spiro atoms. The lowest BCUT2D eigenvalue weighted by Crippen LogP contribution is -2.58. The first-order chi connectivity index (χ1) is 12.8. The minimum Gasteiger partial charge on any atom is -0.361 e. The van der Waals surface area contributed by atoms with Crippen LogP contribution in [0.4, 0.5) is 10.1 Å². The van der Waals surface area contributed by atoms with Gasteiger partial charge in [0.15, 0.2) is 6.21 Å². The van der Waals surface area contributed by atoms with Crippen molar-refractivity contribution in [1.82, 2.24) is 4.98 Å². The zero-order valence-electron chi connectivity index (χ0n) is 14.0. The van der Waals surface area contributed by atoms with E-state index in [2.05, 4.69) is 34.2 Å². The van der Waals surface area contributed by atoms with Gasteiger partial charge >= 0.3 is 0 Å². The molecule has 0 saturated carbocycles. The lowest BCUT2D eigenvalue weighted by molar-refractivity contribution is -0.342. The molecule has 2 N–H and O–H groups in total. The Hall–Kier alpha value is -3.46. The van der Waals surface area contributed by atoms with Crippen molar-refractivity contribution in [2.75, 3.05) is 0 Å². The highest BCUT2D eigenvalue weighted by molar-refractivity contribution is 6.24. The molecule has 2 heterocycles. The Balaban J connectivity index is 1.86. The lowest BCUT2D eigenvalue weighted by Gasteiger charge is -2.10. The Morgan fingerprint density at radius 2 is 1.73 bits per heavy atom. The molecule has 4 aromatic rings. The van der Waals surface area contributed by atoms with E-state index in [1.165, 1.54) is 6.07 Å². The molecule has 1 aromatic heterocycles. The van der Waals surface area contributed by atoms with Gasteiger partial charge in [0, 0.05) is 34.3 Å². The Labute approximate surface area is 150 Å². The first-order valence-corrected chi connectivity index (χ1v) is 8.57. The Morgan fingerprint density at radius 3 is 2.65 bits per heavy atom. The van der Waals surface area contributed by atoms with Crippen molar-refractivity contribution in [2.24, 2.45) is 0 Å². The van der Waals surface area contributed by atoms with Crippen LogP contribution in [0.25, 0.3) is 22.0 Å². The molecule has 5 rings (SSSR count). The van der Waals surface area contributed by atoms with Crippen LogP contribution >= 0.6 is 0 Å². The summed E-state index contributed by atoms with van der Waals surface area (Å²) in [6.07, 6.45) is 4.01.